The van der Waals surface area contributed by atoms with Crippen LogP contribution in [0.4, 0.5) is 15.6 Å². The Kier molecular flexibility index (Phi) is 4.13. The number of nitrogens with one attached hydrogen (secondary N) is 1. The monoisotopic (exact) mass is 404 g/mol. The molecule has 0 saturated carbocycles. The van der Waals surface area contributed by atoms with Gasteiger partial charge < -0.3 is 4.90 Å². The van der Waals surface area contributed by atoms with E-state index in [9.17, 15) is 14.4 Å². The second-order valence-electron chi connectivity index (χ2n) is 6.91. The summed E-state index contributed by atoms with van der Waals surface area (Å²) in [6, 6.07) is 13.5. The highest BCUT2D eigenvalue weighted by atomic mass is 32.1. The van der Waals surface area contributed by atoms with E-state index in [-0.39, 0.29) is 17.8 Å². The molecular formula is C21H16N4O3S. The summed E-state index contributed by atoms with van der Waals surface area (Å²) in [5, 5.41) is 5.00. The van der Waals surface area contributed by atoms with Crippen LogP contribution in [-0.4, -0.2) is 33.8 Å². The molecule has 8 heteroatoms. The maximum absolute atomic E-state index is 13.0. The van der Waals surface area contributed by atoms with E-state index < -0.39 is 6.04 Å². The molecule has 2 aliphatic heterocycles. The van der Waals surface area contributed by atoms with Crippen LogP contribution in [0.2, 0.25) is 0 Å². The van der Waals surface area contributed by atoms with Crippen molar-refractivity contribution in [3.63, 3.8) is 0 Å². The van der Waals surface area contributed by atoms with E-state index in [1.165, 1.54) is 16.2 Å². The normalized spacial score (nSPS) is 17.9. The summed E-state index contributed by atoms with van der Waals surface area (Å²) in [6.07, 6.45) is 2.13. The topological polar surface area (TPSA) is 82.6 Å². The van der Waals surface area contributed by atoms with Crippen molar-refractivity contribution >= 4 is 40.0 Å². The second kappa shape index (κ2) is 6.82. The van der Waals surface area contributed by atoms with E-state index in [1.54, 1.807) is 40.7 Å². The lowest BCUT2D eigenvalue weighted by Crippen LogP contribution is -2.39. The van der Waals surface area contributed by atoms with Gasteiger partial charge in [0.2, 0.25) is 0 Å². The molecule has 2 aromatic carbocycles. The summed E-state index contributed by atoms with van der Waals surface area (Å²) in [5.41, 5.74) is 3.06. The van der Waals surface area contributed by atoms with E-state index in [0.717, 1.165) is 11.1 Å². The summed E-state index contributed by atoms with van der Waals surface area (Å²) < 4.78 is 0. The van der Waals surface area contributed by atoms with Gasteiger partial charge in [-0.2, -0.15) is 0 Å². The Balaban J connectivity index is 1.37. The smallest absolute Gasteiger partial charge is 0.307 e. The van der Waals surface area contributed by atoms with Gasteiger partial charge in [-0.25, -0.2) is 14.7 Å². The molecule has 3 heterocycles. The standard InChI is InChI=1S/C21H16N4O3S/c26-18(23-20-22-9-10-29-20)13-5-7-16(8-6-13)25-19(27)17-11-14-3-1-2-4-15(14)12-24(17)21(25)28/h1-10,17H,11-12H2,(H,22,23,26). The molecule has 1 fully saturated rings. The number of thiazole rings is 1. The predicted molar refractivity (Wildman–Crippen MR) is 109 cm³/mol. The fraction of sp³-hybridized carbons (Fsp3) is 0.143. The van der Waals surface area contributed by atoms with Gasteiger partial charge in [0.1, 0.15) is 6.04 Å². The van der Waals surface area contributed by atoms with Crippen molar-refractivity contribution in [3.8, 4) is 0 Å². The number of anilines is 2. The minimum absolute atomic E-state index is 0.232. The Hall–Kier alpha value is -3.52. The zero-order valence-electron chi connectivity index (χ0n) is 15.2. The molecule has 0 aliphatic carbocycles. The molecule has 144 valence electrons. The number of imide groups is 1. The second-order valence-corrected chi connectivity index (χ2v) is 7.81. The van der Waals surface area contributed by atoms with Crippen LogP contribution in [0, 0.1) is 0 Å². The maximum atomic E-state index is 13.0. The van der Waals surface area contributed by atoms with E-state index in [4.69, 9.17) is 0 Å². The first-order valence-corrected chi connectivity index (χ1v) is 10.0. The Morgan fingerprint density at radius 3 is 2.55 bits per heavy atom. The van der Waals surface area contributed by atoms with E-state index in [2.05, 4.69) is 10.3 Å². The van der Waals surface area contributed by atoms with Crippen molar-refractivity contribution in [2.45, 2.75) is 19.0 Å². The summed E-state index contributed by atoms with van der Waals surface area (Å²) >= 11 is 1.33. The van der Waals surface area contributed by atoms with Gasteiger partial charge >= 0.3 is 6.03 Å². The van der Waals surface area contributed by atoms with Crippen LogP contribution in [0.15, 0.2) is 60.1 Å². The number of urea groups is 1. The number of amides is 4. The number of aromatic nitrogens is 1. The third kappa shape index (κ3) is 2.98. The highest BCUT2D eigenvalue weighted by Gasteiger charge is 2.47. The number of carbonyl (C=O) groups excluding carboxylic acids is 3. The predicted octanol–water partition coefficient (Wildman–Crippen LogP) is 3.29. The van der Waals surface area contributed by atoms with E-state index in [1.807, 2.05) is 24.3 Å². The number of carbonyl (C=O) groups is 3. The van der Waals surface area contributed by atoms with Crippen molar-refractivity contribution < 1.29 is 14.4 Å². The molecule has 4 amide bonds. The first kappa shape index (κ1) is 17.6. The average molecular weight is 404 g/mol. The van der Waals surface area contributed by atoms with Crippen LogP contribution in [0.3, 0.4) is 0 Å². The number of fused-ring (bicyclic) bond motifs is 2. The van der Waals surface area contributed by atoms with Crippen LogP contribution < -0.4 is 10.2 Å². The van der Waals surface area contributed by atoms with Gasteiger partial charge in [0.15, 0.2) is 5.13 Å². The highest BCUT2D eigenvalue weighted by Crippen LogP contribution is 2.33. The molecule has 7 nitrogen and oxygen atoms in total. The Labute approximate surface area is 170 Å². The highest BCUT2D eigenvalue weighted by molar-refractivity contribution is 7.13. The number of rotatable bonds is 3. The van der Waals surface area contributed by atoms with Gasteiger partial charge in [-0.15, -0.1) is 11.3 Å². The average Bonchev–Trinajstić information content (AvgIpc) is 3.33. The molecule has 5 rings (SSSR count). The third-order valence-electron chi connectivity index (χ3n) is 5.23. The molecule has 1 saturated heterocycles. The van der Waals surface area contributed by atoms with Gasteiger partial charge in [0.05, 0.1) is 5.69 Å². The molecular weight excluding hydrogens is 388 g/mol. The first-order chi connectivity index (χ1) is 14.1. The van der Waals surface area contributed by atoms with Crippen LogP contribution in [0.25, 0.3) is 0 Å². The molecule has 3 aromatic rings. The number of hydrogen-bond acceptors (Lipinski definition) is 5. The molecule has 1 aromatic heterocycles. The van der Waals surface area contributed by atoms with E-state index >= 15 is 0 Å². The zero-order valence-corrected chi connectivity index (χ0v) is 16.1. The fourth-order valence-electron chi connectivity index (χ4n) is 3.77. The van der Waals surface area contributed by atoms with E-state index in [0.29, 0.717) is 29.3 Å². The van der Waals surface area contributed by atoms with Gasteiger partial charge in [-0.1, -0.05) is 24.3 Å². The molecule has 0 radical (unpaired) electrons. The molecule has 1 unspecified atom stereocenters. The molecule has 1 N–H and O–H groups in total. The van der Waals surface area contributed by atoms with Crippen molar-refractivity contribution in [3.05, 3.63) is 76.8 Å². The molecule has 0 bridgehead atoms. The van der Waals surface area contributed by atoms with Gasteiger partial charge in [-0.05, 0) is 35.4 Å². The molecule has 29 heavy (non-hydrogen) atoms. The Morgan fingerprint density at radius 2 is 1.83 bits per heavy atom. The lowest BCUT2D eigenvalue weighted by molar-refractivity contribution is -0.120. The number of benzene rings is 2. The van der Waals surface area contributed by atoms with Gasteiger partial charge in [0.25, 0.3) is 11.8 Å². The van der Waals surface area contributed by atoms with Crippen LogP contribution in [0.1, 0.15) is 21.5 Å². The van der Waals surface area contributed by atoms with Crippen molar-refractivity contribution in [2.75, 3.05) is 10.2 Å². The Morgan fingerprint density at radius 1 is 1.07 bits per heavy atom. The Bertz CT molecular complexity index is 1070. The minimum Gasteiger partial charge on any atom is -0.307 e. The quantitative estimate of drug-likeness (QED) is 0.679. The molecule has 2 aliphatic rings. The fourth-order valence-corrected chi connectivity index (χ4v) is 4.29. The largest absolute Gasteiger partial charge is 0.332 e. The van der Waals surface area contributed by atoms with Crippen LogP contribution >= 0.6 is 11.3 Å². The van der Waals surface area contributed by atoms with Crippen LogP contribution in [-0.2, 0) is 17.8 Å². The van der Waals surface area contributed by atoms with Crippen molar-refractivity contribution in [2.24, 2.45) is 0 Å². The molecule has 0 spiro atoms. The summed E-state index contributed by atoms with van der Waals surface area (Å²) in [7, 11) is 0. The summed E-state index contributed by atoms with van der Waals surface area (Å²) in [5.74, 6) is -0.525. The lowest BCUT2D eigenvalue weighted by atomic mass is 9.95. The summed E-state index contributed by atoms with van der Waals surface area (Å²) in [4.78, 5) is 45.1. The third-order valence-corrected chi connectivity index (χ3v) is 5.92. The maximum Gasteiger partial charge on any atom is 0.332 e. The molecule has 1 atom stereocenters. The summed E-state index contributed by atoms with van der Waals surface area (Å²) in [6.45, 7) is 0.427. The number of hydrogen-bond donors (Lipinski definition) is 1. The van der Waals surface area contributed by atoms with Crippen LogP contribution in [0.5, 0.6) is 0 Å². The van der Waals surface area contributed by atoms with Gasteiger partial charge in [0, 0.05) is 30.1 Å². The van der Waals surface area contributed by atoms with Crippen molar-refractivity contribution in [1.29, 1.82) is 0 Å². The number of nitrogens with zero attached hydrogens (tertiary/aromatic N) is 3. The minimum atomic E-state index is -0.481. The lowest BCUT2D eigenvalue weighted by Gasteiger charge is -2.28. The first-order valence-electron chi connectivity index (χ1n) is 9.14. The van der Waals surface area contributed by atoms with Crippen molar-refractivity contribution in [1.82, 2.24) is 9.88 Å². The SMILES string of the molecule is O=C(Nc1nccs1)c1ccc(N2C(=O)C3Cc4ccccc4CN3C2=O)cc1. The zero-order chi connectivity index (χ0) is 20.0. The van der Waals surface area contributed by atoms with Gasteiger partial charge in [-0.3, -0.25) is 14.9 Å².